The van der Waals surface area contributed by atoms with Crippen LogP contribution >= 0.6 is 12.6 Å². The van der Waals surface area contributed by atoms with E-state index in [2.05, 4.69) is 12.6 Å². The molecule has 0 fully saturated rings. The third-order valence-electron chi connectivity index (χ3n) is 1.62. The summed E-state index contributed by atoms with van der Waals surface area (Å²) in [6.45, 7) is 2.37. The monoisotopic (exact) mass is 212 g/mol. The van der Waals surface area contributed by atoms with Crippen LogP contribution in [0.3, 0.4) is 0 Å². The zero-order valence-corrected chi connectivity index (χ0v) is 8.70. The van der Waals surface area contributed by atoms with E-state index in [0.29, 0.717) is 18.6 Å². The number of phenolic OH excluding ortho intramolecular Hbond substituents is 1. The first kappa shape index (κ1) is 10.9. The Morgan fingerprint density at radius 3 is 2.86 bits per heavy atom. The lowest BCUT2D eigenvalue weighted by Crippen LogP contribution is -2.07. The van der Waals surface area contributed by atoms with Crippen molar-refractivity contribution >= 4 is 18.9 Å². The maximum atomic E-state index is 10.4. The van der Waals surface area contributed by atoms with Gasteiger partial charge in [-0.15, -0.1) is 0 Å². The zero-order chi connectivity index (χ0) is 10.6. The molecule has 4 heteroatoms. The standard InChI is InChI=1S/C10H12O3S/c1-7(14)6-13-9-3-2-8(5-11)10(12)4-9/h2-5,7,12,14H,6H2,1H3. The van der Waals surface area contributed by atoms with Gasteiger partial charge in [-0.1, -0.05) is 6.92 Å². The summed E-state index contributed by atoms with van der Waals surface area (Å²) in [5.74, 6) is 0.471. The first-order valence-corrected chi connectivity index (χ1v) is 4.74. The highest BCUT2D eigenvalue weighted by Crippen LogP contribution is 2.22. The van der Waals surface area contributed by atoms with Crippen LogP contribution in [0.1, 0.15) is 17.3 Å². The highest BCUT2D eigenvalue weighted by molar-refractivity contribution is 7.80. The normalized spacial score (nSPS) is 12.1. The van der Waals surface area contributed by atoms with Gasteiger partial charge in [-0.3, -0.25) is 4.79 Å². The largest absolute Gasteiger partial charge is 0.507 e. The number of phenols is 1. The molecule has 1 unspecified atom stereocenters. The summed E-state index contributed by atoms with van der Waals surface area (Å²) in [5.41, 5.74) is 0.260. The zero-order valence-electron chi connectivity index (χ0n) is 7.80. The number of aromatic hydroxyl groups is 1. The van der Waals surface area contributed by atoms with Gasteiger partial charge in [0.05, 0.1) is 12.2 Å². The van der Waals surface area contributed by atoms with Crippen molar-refractivity contribution < 1.29 is 14.6 Å². The summed E-state index contributed by atoms with van der Waals surface area (Å²) >= 11 is 4.15. The molecule has 0 spiro atoms. The smallest absolute Gasteiger partial charge is 0.153 e. The summed E-state index contributed by atoms with van der Waals surface area (Å²) in [4.78, 5) is 10.4. The van der Waals surface area contributed by atoms with E-state index in [4.69, 9.17) is 4.74 Å². The molecule has 76 valence electrons. The molecule has 3 nitrogen and oxygen atoms in total. The minimum absolute atomic E-state index is 0.0654. The van der Waals surface area contributed by atoms with Gasteiger partial charge in [0.2, 0.25) is 0 Å². The van der Waals surface area contributed by atoms with Crippen molar-refractivity contribution in [1.82, 2.24) is 0 Å². The predicted octanol–water partition coefficient (Wildman–Crippen LogP) is 1.90. The fourth-order valence-electron chi connectivity index (χ4n) is 0.930. The molecular weight excluding hydrogens is 200 g/mol. The second-order valence-electron chi connectivity index (χ2n) is 3.00. The summed E-state index contributed by atoms with van der Waals surface area (Å²) in [6, 6.07) is 4.57. The fourth-order valence-corrected chi connectivity index (χ4v) is 1.00. The number of carbonyl (C=O) groups is 1. The van der Waals surface area contributed by atoms with Crippen LogP contribution in [0.4, 0.5) is 0 Å². The summed E-state index contributed by atoms with van der Waals surface area (Å²) in [7, 11) is 0. The average molecular weight is 212 g/mol. The van der Waals surface area contributed by atoms with E-state index >= 15 is 0 Å². The topological polar surface area (TPSA) is 46.5 Å². The van der Waals surface area contributed by atoms with E-state index in [1.54, 1.807) is 6.07 Å². The van der Waals surface area contributed by atoms with E-state index < -0.39 is 0 Å². The molecule has 0 aromatic heterocycles. The molecule has 0 heterocycles. The number of ether oxygens (including phenoxy) is 1. The predicted molar refractivity (Wildman–Crippen MR) is 57.4 cm³/mol. The second-order valence-corrected chi connectivity index (χ2v) is 3.88. The highest BCUT2D eigenvalue weighted by Gasteiger charge is 2.03. The van der Waals surface area contributed by atoms with Crippen LogP contribution in [-0.4, -0.2) is 23.2 Å². The molecule has 0 bridgehead atoms. The molecule has 0 saturated carbocycles. The molecule has 1 aromatic carbocycles. The molecule has 0 aliphatic carbocycles. The first-order valence-electron chi connectivity index (χ1n) is 4.22. The van der Waals surface area contributed by atoms with Crippen molar-refractivity contribution in [2.45, 2.75) is 12.2 Å². The van der Waals surface area contributed by atoms with Crippen molar-refractivity contribution in [3.63, 3.8) is 0 Å². The van der Waals surface area contributed by atoms with Gasteiger partial charge in [-0.05, 0) is 12.1 Å². The quantitative estimate of drug-likeness (QED) is 0.592. The summed E-state index contributed by atoms with van der Waals surface area (Å²) < 4.78 is 5.30. The van der Waals surface area contributed by atoms with Crippen LogP contribution in [0.5, 0.6) is 11.5 Å². The first-order chi connectivity index (χ1) is 6.63. The van der Waals surface area contributed by atoms with Crippen molar-refractivity contribution in [2.75, 3.05) is 6.61 Å². The van der Waals surface area contributed by atoms with Gasteiger partial charge in [0.25, 0.3) is 0 Å². The number of carbonyl (C=O) groups excluding carboxylic acids is 1. The summed E-state index contributed by atoms with van der Waals surface area (Å²) in [5, 5.41) is 9.45. The van der Waals surface area contributed by atoms with Crippen molar-refractivity contribution in [3.05, 3.63) is 23.8 Å². The fraction of sp³-hybridized carbons (Fsp3) is 0.300. The molecule has 1 rings (SSSR count). The maximum Gasteiger partial charge on any atom is 0.153 e. The molecule has 14 heavy (non-hydrogen) atoms. The molecule has 1 N–H and O–H groups in total. The van der Waals surface area contributed by atoms with Crippen molar-refractivity contribution in [2.24, 2.45) is 0 Å². The lowest BCUT2D eigenvalue weighted by molar-refractivity contribution is 0.112. The highest BCUT2D eigenvalue weighted by atomic mass is 32.1. The van der Waals surface area contributed by atoms with Gasteiger partial charge in [-0.25, -0.2) is 0 Å². The lowest BCUT2D eigenvalue weighted by atomic mass is 10.2. The Bertz CT molecular complexity index is 323. The number of hydrogen-bond donors (Lipinski definition) is 2. The number of rotatable bonds is 4. The maximum absolute atomic E-state index is 10.4. The molecule has 0 saturated heterocycles. The number of hydrogen-bond acceptors (Lipinski definition) is 4. The third-order valence-corrected chi connectivity index (χ3v) is 1.77. The van der Waals surface area contributed by atoms with Crippen LogP contribution < -0.4 is 4.74 Å². The van der Waals surface area contributed by atoms with Crippen LogP contribution in [0.2, 0.25) is 0 Å². The van der Waals surface area contributed by atoms with Crippen molar-refractivity contribution in [1.29, 1.82) is 0 Å². The SMILES string of the molecule is CC(S)COc1ccc(C=O)c(O)c1. The van der Waals surface area contributed by atoms with E-state index in [0.717, 1.165) is 0 Å². The average Bonchev–Trinajstić information content (AvgIpc) is 2.15. The van der Waals surface area contributed by atoms with Gasteiger partial charge in [0, 0.05) is 11.3 Å². The van der Waals surface area contributed by atoms with Gasteiger partial charge < -0.3 is 9.84 Å². The number of benzene rings is 1. The third kappa shape index (κ3) is 2.96. The minimum Gasteiger partial charge on any atom is -0.507 e. The molecule has 0 aliphatic rings. The Morgan fingerprint density at radius 1 is 1.64 bits per heavy atom. The Labute approximate surface area is 88.1 Å². The molecule has 0 aliphatic heterocycles. The van der Waals surface area contributed by atoms with Gasteiger partial charge >= 0.3 is 0 Å². The van der Waals surface area contributed by atoms with Crippen LogP contribution in [0, 0.1) is 0 Å². The van der Waals surface area contributed by atoms with E-state index in [1.165, 1.54) is 12.1 Å². The van der Waals surface area contributed by atoms with Crippen LogP contribution in [0.15, 0.2) is 18.2 Å². The van der Waals surface area contributed by atoms with E-state index in [1.807, 2.05) is 6.92 Å². The van der Waals surface area contributed by atoms with Crippen LogP contribution in [0.25, 0.3) is 0 Å². The molecular formula is C10H12O3S. The van der Waals surface area contributed by atoms with Gasteiger partial charge in [0.1, 0.15) is 11.5 Å². The molecule has 0 amide bonds. The van der Waals surface area contributed by atoms with Crippen molar-refractivity contribution in [3.8, 4) is 11.5 Å². The Kier molecular flexibility index (Phi) is 3.83. The minimum atomic E-state index is -0.0654. The molecule has 1 atom stereocenters. The van der Waals surface area contributed by atoms with Gasteiger partial charge in [-0.2, -0.15) is 12.6 Å². The Balaban J connectivity index is 2.71. The van der Waals surface area contributed by atoms with Crippen LogP contribution in [-0.2, 0) is 0 Å². The number of thiol groups is 1. The van der Waals surface area contributed by atoms with E-state index in [-0.39, 0.29) is 16.6 Å². The Morgan fingerprint density at radius 2 is 2.36 bits per heavy atom. The van der Waals surface area contributed by atoms with E-state index in [9.17, 15) is 9.90 Å². The molecule has 1 aromatic rings. The molecule has 0 radical (unpaired) electrons. The second kappa shape index (κ2) is 4.91. The van der Waals surface area contributed by atoms with Gasteiger partial charge in [0.15, 0.2) is 6.29 Å². The Hall–Kier alpha value is -1.16. The number of aldehydes is 1. The lowest BCUT2D eigenvalue weighted by Gasteiger charge is -2.08. The summed E-state index contributed by atoms with van der Waals surface area (Å²) in [6.07, 6.45) is 0.598.